The van der Waals surface area contributed by atoms with Gasteiger partial charge in [-0.1, -0.05) is 6.42 Å². The average Bonchev–Trinajstić information content (AvgIpc) is 2.87. The summed E-state index contributed by atoms with van der Waals surface area (Å²) in [5, 5.41) is 11.8. The normalized spacial score (nSPS) is 31.7. The van der Waals surface area contributed by atoms with Crippen LogP contribution in [0.5, 0.6) is 0 Å². The highest BCUT2D eigenvalue weighted by molar-refractivity contribution is 5.89. The molecule has 1 unspecified atom stereocenters. The lowest BCUT2D eigenvalue weighted by Gasteiger charge is -2.19. The van der Waals surface area contributed by atoms with Crippen LogP contribution < -0.4 is 5.32 Å². The molecule has 0 aromatic carbocycles. The number of nitrogens with one attached hydrogen (secondary N) is 1. The van der Waals surface area contributed by atoms with Crippen molar-refractivity contribution < 1.29 is 19.5 Å². The first-order valence-electron chi connectivity index (χ1n) is 6.26. The lowest BCUT2D eigenvalue weighted by atomic mass is 10.0. The van der Waals surface area contributed by atoms with Gasteiger partial charge in [0.15, 0.2) is 0 Å². The molecule has 0 spiro atoms. The molecular weight excluding hydrogens is 236 g/mol. The number of hydrogen-bond acceptors (Lipinski definition) is 3. The standard InChI is InChI=1S/C12H18N2O4/c1-14-6-7(5-10(14)15)11(16)13-9-4-2-3-8(9)12(17)18/h7-9H,2-6H2,1H3,(H,13,16)(H,17,18)/t7?,8-,9+/m0/s1. The van der Waals surface area contributed by atoms with Crippen molar-refractivity contribution in [3.05, 3.63) is 0 Å². The Bertz CT molecular complexity index is 382. The predicted molar refractivity (Wildman–Crippen MR) is 62.7 cm³/mol. The molecule has 1 aliphatic carbocycles. The molecule has 100 valence electrons. The predicted octanol–water partition coefficient (Wildman–Crippen LogP) is -0.166. The lowest BCUT2D eigenvalue weighted by Crippen LogP contribution is -2.43. The molecular formula is C12H18N2O4. The number of carboxylic acid groups (broad SMARTS) is 1. The first-order valence-corrected chi connectivity index (χ1v) is 6.26. The van der Waals surface area contributed by atoms with Crippen LogP contribution in [0.2, 0.25) is 0 Å². The smallest absolute Gasteiger partial charge is 0.308 e. The van der Waals surface area contributed by atoms with E-state index >= 15 is 0 Å². The van der Waals surface area contributed by atoms with E-state index in [2.05, 4.69) is 5.32 Å². The van der Waals surface area contributed by atoms with E-state index in [1.165, 1.54) is 4.90 Å². The number of amides is 2. The van der Waals surface area contributed by atoms with Gasteiger partial charge in [-0.3, -0.25) is 14.4 Å². The van der Waals surface area contributed by atoms with Gasteiger partial charge in [0, 0.05) is 26.1 Å². The Hall–Kier alpha value is -1.59. The number of rotatable bonds is 3. The zero-order valence-electron chi connectivity index (χ0n) is 10.4. The summed E-state index contributed by atoms with van der Waals surface area (Å²) >= 11 is 0. The molecule has 1 saturated carbocycles. The van der Waals surface area contributed by atoms with Crippen molar-refractivity contribution in [1.29, 1.82) is 0 Å². The highest BCUT2D eigenvalue weighted by atomic mass is 16.4. The monoisotopic (exact) mass is 254 g/mol. The first kappa shape index (κ1) is 12.9. The van der Waals surface area contributed by atoms with E-state index in [9.17, 15) is 14.4 Å². The van der Waals surface area contributed by atoms with Crippen molar-refractivity contribution >= 4 is 17.8 Å². The van der Waals surface area contributed by atoms with E-state index in [1.807, 2.05) is 0 Å². The summed E-state index contributed by atoms with van der Waals surface area (Å²) in [7, 11) is 1.67. The average molecular weight is 254 g/mol. The summed E-state index contributed by atoms with van der Waals surface area (Å²) in [5.41, 5.74) is 0. The number of hydrogen-bond donors (Lipinski definition) is 2. The largest absolute Gasteiger partial charge is 0.481 e. The van der Waals surface area contributed by atoms with Crippen LogP contribution in [0.15, 0.2) is 0 Å². The highest BCUT2D eigenvalue weighted by Gasteiger charge is 2.37. The quantitative estimate of drug-likeness (QED) is 0.732. The van der Waals surface area contributed by atoms with Gasteiger partial charge in [-0.25, -0.2) is 0 Å². The minimum atomic E-state index is -0.850. The van der Waals surface area contributed by atoms with Gasteiger partial charge in [0.25, 0.3) is 0 Å². The number of carboxylic acids is 1. The molecule has 1 heterocycles. The summed E-state index contributed by atoms with van der Waals surface area (Å²) in [4.78, 5) is 35.9. The van der Waals surface area contributed by atoms with E-state index in [4.69, 9.17) is 5.11 Å². The Labute approximate surface area is 105 Å². The third kappa shape index (κ3) is 2.47. The van der Waals surface area contributed by atoms with Gasteiger partial charge in [0.05, 0.1) is 11.8 Å². The molecule has 0 aromatic heterocycles. The molecule has 2 N–H and O–H groups in total. The third-order valence-corrected chi connectivity index (χ3v) is 3.87. The minimum Gasteiger partial charge on any atom is -0.481 e. The molecule has 2 amide bonds. The number of aliphatic carboxylic acids is 1. The van der Waals surface area contributed by atoms with Crippen LogP contribution >= 0.6 is 0 Å². The van der Waals surface area contributed by atoms with Crippen molar-refractivity contribution in [3.63, 3.8) is 0 Å². The molecule has 1 aliphatic heterocycles. The van der Waals surface area contributed by atoms with Crippen molar-refractivity contribution in [2.75, 3.05) is 13.6 Å². The third-order valence-electron chi connectivity index (χ3n) is 3.87. The molecule has 6 heteroatoms. The Morgan fingerprint density at radius 3 is 2.67 bits per heavy atom. The van der Waals surface area contributed by atoms with Crippen LogP contribution in [-0.4, -0.2) is 47.4 Å². The van der Waals surface area contributed by atoms with Crippen LogP contribution in [0.1, 0.15) is 25.7 Å². The molecule has 0 aromatic rings. The number of likely N-dealkylation sites (tertiary alicyclic amines) is 1. The Morgan fingerprint density at radius 1 is 1.39 bits per heavy atom. The van der Waals surface area contributed by atoms with Crippen LogP contribution in [0, 0.1) is 11.8 Å². The fourth-order valence-corrected chi connectivity index (χ4v) is 2.77. The van der Waals surface area contributed by atoms with Crippen LogP contribution in [0.3, 0.4) is 0 Å². The van der Waals surface area contributed by atoms with Gasteiger partial charge in [-0.15, -0.1) is 0 Å². The number of nitrogens with zero attached hydrogens (tertiary/aromatic N) is 1. The molecule has 2 fully saturated rings. The summed E-state index contributed by atoms with van der Waals surface area (Å²) in [6.07, 6.45) is 2.38. The van der Waals surface area contributed by atoms with Crippen molar-refractivity contribution in [2.24, 2.45) is 11.8 Å². The summed E-state index contributed by atoms with van der Waals surface area (Å²) in [5.74, 6) is -1.89. The van der Waals surface area contributed by atoms with Crippen LogP contribution in [0.4, 0.5) is 0 Å². The maximum Gasteiger partial charge on any atom is 0.308 e. The lowest BCUT2D eigenvalue weighted by molar-refractivity contribution is -0.142. The van der Waals surface area contributed by atoms with Gasteiger partial charge in [0.2, 0.25) is 11.8 Å². The second-order valence-corrected chi connectivity index (χ2v) is 5.17. The fourth-order valence-electron chi connectivity index (χ4n) is 2.77. The number of carbonyl (C=O) groups is 3. The van der Waals surface area contributed by atoms with Crippen molar-refractivity contribution in [2.45, 2.75) is 31.7 Å². The van der Waals surface area contributed by atoms with Crippen LogP contribution in [-0.2, 0) is 14.4 Å². The van der Waals surface area contributed by atoms with E-state index in [0.717, 1.165) is 6.42 Å². The zero-order valence-corrected chi connectivity index (χ0v) is 10.4. The summed E-state index contributed by atoms with van der Waals surface area (Å²) < 4.78 is 0. The second-order valence-electron chi connectivity index (χ2n) is 5.17. The van der Waals surface area contributed by atoms with Crippen molar-refractivity contribution in [1.82, 2.24) is 10.2 Å². The number of carbonyl (C=O) groups excluding carboxylic acids is 2. The molecule has 6 nitrogen and oxygen atoms in total. The first-order chi connectivity index (χ1) is 8.49. The van der Waals surface area contributed by atoms with Gasteiger partial charge in [-0.05, 0) is 12.8 Å². The van der Waals surface area contributed by atoms with Gasteiger partial charge < -0.3 is 15.3 Å². The highest BCUT2D eigenvalue weighted by Crippen LogP contribution is 2.26. The van der Waals surface area contributed by atoms with E-state index in [-0.39, 0.29) is 30.2 Å². The van der Waals surface area contributed by atoms with E-state index in [0.29, 0.717) is 19.4 Å². The second kappa shape index (κ2) is 4.96. The minimum absolute atomic E-state index is 0.0312. The SMILES string of the molecule is CN1CC(C(=O)N[C@@H]2CCC[C@@H]2C(=O)O)CC1=O. The van der Waals surface area contributed by atoms with Gasteiger partial charge in [-0.2, -0.15) is 0 Å². The van der Waals surface area contributed by atoms with Crippen LogP contribution in [0.25, 0.3) is 0 Å². The molecule has 0 radical (unpaired) electrons. The molecule has 3 atom stereocenters. The van der Waals surface area contributed by atoms with Gasteiger partial charge >= 0.3 is 5.97 Å². The zero-order chi connectivity index (χ0) is 13.3. The maximum atomic E-state index is 12.0. The summed E-state index contributed by atoms with van der Waals surface area (Å²) in [6, 6.07) is -0.281. The maximum absolute atomic E-state index is 12.0. The Balaban J connectivity index is 1.91. The van der Waals surface area contributed by atoms with Gasteiger partial charge in [0.1, 0.15) is 0 Å². The Kier molecular flexibility index (Phi) is 3.54. The fraction of sp³-hybridized carbons (Fsp3) is 0.750. The summed E-state index contributed by atoms with van der Waals surface area (Å²) in [6.45, 7) is 0.426. The molecule has 2 rings (SSSR count). The van der Waals surface area contributed by atoms with Crippen molar-refractivity contribution in [3.8, 4) is 0 Å². The molecule has 18 heavy (non-hydrogen) atoms. The van der Waals surface area contributed by atoms with E-state index in [1.54, 1.807) is 7.05 Å². The molecule has 0 bridgehead atoms. The molecule has 1 saturated heterocycles. The topological polar surface area (TPSA) is 86.7 Å². The van der Waals surface area contributed by atoms with E-state index < -0.39 is 11.9 Å². The molecule has 2 aliphatic rings. The Morgan fingerprint density at radius 2 is 2.11 bits per heavy atom.